The van der Waals surface area contributed by atoms with Gasteiger partial charge in [0.15, 0.2) is 0 Å². The summed E-state index contributed by atoms with van der Waals surface area (Å²) >= 11 is 0. The summed E-state index contributed by atoms with van der Waals surface area (Å²) in [6.45, 7) is 3.81. The lowest BCUT2D eigenvalue weighted by molar-refractivity contribution is -0.390. The minimum atomic E-state index is -0.449. The van der Waals surface area contributed by atoms with Crippen LogP contribution in [-0.2, 0) is 0 Å². The Labute approximate surface area is 93.6 Å². The second-order valence-corrected chi connectivity index (χ2v) is 4.28. The van der Waals surface area contributed by atoms with Gasteiger partial charge in [-0.2, -0.15) is 0 Å². The number of hydrogen-bond donors (Lipinski definition) is 0. The topological polar surface area (TPSA) is 65.3 Å². The summed E-state index contributed by atoms with van der Waals surface area (Å²) in [5, 5.41) is 10.9. The van der Waals surface area contributed by atoms with Gasteiger partial charge in [0.25, 0.3) is 0 Å². The zero-order valence-corrected chi connectivity index (χ0v) is 9.34. The Balaban J connectivity index is 2.41. The number of nitrogens with zero attached hydrogens (tertiary/aromatic N) is 2. The molecule has 86 valence electrons. The average molecular weight is 222 g/mol. The van der Waals surface area contributed by atoms with E-state index < -0.39 is 4.92 Å². The van der Waals surface area contributed by atoms with E-state index in [9.17, 15) is 10.1 Å². The van der Waals surface area contributed by atoms with Crippen molar-refractivity contribution in [2.75, 3.05) is 0 Å². The van der Waals surface area contributed by atoms with E-state index in [0.717, 1.165) is 12.8 Å². The molecule has 0 N–H and O–H groups in total. The van der Waals surface area contributed by atoms with Crippen molar-refractivity contribution in [2.24, 2.45) is 0 Å². The first-order valence-electron chi connectivity index (χ1n) is 5.39. The Hall–Kier alpha value is -1.65. The molecule has 0 bridgehead atoms. The summed E-state index contributed by atoms with van der Waals surface area (Å²) in [5.74, 6) is 0.551. The Morgan fingerprint density at radius 2 is 2.25 bits per heavy atom. The maximum absolute atomic E-state index is 10.9. The number of aromatic nitrogens is 1. The third-order valence-electron chi connectivity index (χ3n) is 2.50. The lowest BCUT2D eigenvalue weighted by Gasteiger charge is -2.12. The molecule has 5 heteroatoms. The van der Waals surface area contributed by atoms with Crippen molar-refractivity contribution in [3.05, 3.63) is 27.9 Å². The van der Waals surface area contributed by atoms with Crippen molar-refractivity contribution in [1.29, 1.82) is 0 Å². The molecule has 1 aliphatic rings. The quantitative estimate of drug-likeness (QED) is 0.580. The van der Waals surface area contributed by atoms with Crippen molar-refractivity contribution in [2.45, 2.75) is 38.7 Å². The smallest absolute Gasteiger partial charge is 0.370 e. The molecular formula is C11H14N2O3. The summed E-state index contributed by atoms with van der Waals surface area (Å²) in [4.78, 5) is 14.2. The zero-order chi connectivity index (χ0) is 11.7. The van der Waals surface area contributed by atoms with Crippen LogP contribution in [0.5, 0.6) is 5.75 Å². The molecule has 16 heavy (non-hydrogen) atoms. The Morgan fingerprint density at radius 3 is 2.75 bits per heavy atom. The summed E-state index contributed by atoms with van der Waals surface area (Å²) in [6, 6.07) is 1.71. The van der Waals surface area contributed by atoms with Crippen LogP contribution < -0.4 is 4.74 Å². The van der Waals surface area contributed by atoms with Crippen LogP contribution in [0.15, 0.2) is 12.3 Å². The monoisotopic (exact) mass is 222 g/mol. The van der Waals surface area contributed by atoms with Gasteiger partial charge in [-0.05, 0) is 28.7 Å². The van der Waals surface area contributed by atoms with Crippen LogP contribution >= 0.6 is 0 Å². The standard InChI is InChI=1S/C11H14N2O3/c1-7(2)10-9(16-8-3-4-8)5-6-12-11(10)13(14)15/h5-8H,3-4H2,1-2H3. The van der Waals surface area contributed by atoms with Crippen LogP contribution in [0.1, 0.15) is 38.2 Å². The number of rotatable bonds is 4. The van der Waals surface area contributed by atoms with E-state index in [0.29, 0.717) is 11.3 Å². The summed E-state index contributed by atoms with van der Waals surface area (Å²) in [5.41, 5.74) is 0.597. The van der Waals surface area contributed by atoms with Crippen LogP contribution in [0.2, 0.25) is 0 Å². The van der Waals surface area contributed by atoms with E-state index in [1.807, 2.05) is 13.8 Å². The van der Waals surface area contributed by atoms with E-state index in [-0.39, 0.29) is 17.8 Å². The molecule has 0 unspecified atom stereocenters. The highest BCUT2D eigenvalue weighted by Gasteiger charge is 2.28. The van der Waals surface area contributed by atoms with Crippen LogP contribution in [0.3, 0.4) is 0 Å². The fourth-order valence-corrected chi connectivity index (χ4v) is 1.60. The van der Waals surface area contributed by atoms with E-state index in [1.165, 1.54) is 6.20 Å². The fourth-order valence-electron chi connectivity index (χ4n) is 1.60. The second kappa shape index (κ2) is 4.08. The highest BCUT2D eigenvalue weighted by Crippen LogP contribution is 2.36. The Bertz CT molecular complexity index is 414. The van der Waals surface area contributed by atoms with E-state index in [2.05, 4.69) is 4.98 Å². The molecule has 1 aromatic heterocycles. The van der Waals surface area contributed by atoms with Gasteiger partial charge in [-0.15, -0.1) is 0 Å². The summed E-state index contributed by atoms with van der Waals surface area (Å²) in [7, 11) is 0. The lowest BCUT2D eigenvalue weighted by atomic mass is 10.0. The molecule has 1 fully saturated rings. The van der Waals surface area contributed by atoms with E-state index >= 15 is 0 Å². The maximum Gasteiger partial charge on any atom is 0.370 e. The van der Waals surface area contributed by atoms with Gasteiger partial charge in [0.1, 0.15) is 11.9 Å². The summed E-state index contributed by atoms with van der Waals surface area (Å²) < 4.78 is 5.66. The normalized spacial score (nSPS) is 15.2. The number of hydrogen-bond acceptors (Lipinski definition) is 4. The molecule has 0 atom stereocenters. The molecule has 0 amide bonds. The first kappa shape index (κ1) is 10.9. The van der Waals surface area contributed by atoms with Crippen LogP contribution in [-0.4, -0.2) is 16.0 Å². The van der Waals surface area contributed by atoms with Crippen LogP contribution in [0.25, 0.3) is 0 Å². The zero-order valence-electron chi connectivity index (χ0n) is 9.34. The van der Waals surface area contributed by atoms with Crippen LogP contribution in [0, 0.1) is 10.1 Å². The highest BCUT2D eigenvalue weighted by molar-refractivity contribution is 5.46. The van der Waals surface area contributed by atoms with Crippen molar-refractivity contribution in [1.82, 2.24) is 4.98 Å². The van der Waals surface area contributed by atoms with Gasteiger partial charge in [-0.3, -0.25) is 0 Å². The lowest BCUT2D eigenvalue weighted by Crippen LogP contribution is -2.05. The molecule has 5 nitrogen and oxygen atoms in total. The molecule has 0 aromatic carbocycles. The maximum atomic E-state index is 10.9. The molecular weight excluding hydrogens is 208 g/mol. The molecule has 0 radical (unpaired) electrons. The minimum Gasteiger partial charge on any atom is -0.490 e. The van der Waals surface area contributed by atoms with Gasteiger partial charge in [-0.1, -0.05) is 13.8 Å². The average Bonchev–Trinajstić information content (AvgIpc) is 3.00. The SMILES string of the molecule is CC(C)c1c(OC2CC2)ccnc1[N+](=O)[O-]. The first-order chi connectivity index (χ1) is 7.59. The molecule has 1 aliphatic carbocycles. The molecule has 2 rings (SSSR count). The molecule has 0 saturated heterocycles. The minimum absolute atomic E-state index is 0.0304. The van der Waals surface area contributed by atoms with Crippen molar-refractivity contribution in [3.8, 4) is 5.75 Å². The van der Waals surface area contributed by atoms with E-state index in [4.69, 9.17) is 4.74 Å². The van der Waals surface area contributed by atoms with Gasteiger partial charge >= 0.3 is 5.82 Å². The predicted octanol–water partition coefficient (Wildman–Crippen LogP) is 2.65. The number of nitro groups is 1. The fraction of sp³-hybridized carbons (Fsp3) is 0.545. The third-order valence-corrected chi connectivity index (χ3v) is 2.50. The van der Waals surface area contributed by atoms with Crippen LogP contribution in [0.4, 0.5) is 5.82 Å². The Morgan fingerprint density at radius 1 is 1.56 bits per heavy atom. The second-order valence-electron chi connectivity index (χ2n) is 4.28. The molecule has 0 aliphatic heterocycles. The first-order valence-corrected chi connectivity index (χ1v) is 5.39. The largest absolute Gasteiger partial charge is 0.490 e. The highest BCUT2D eigenvalue weighted by atomic mass is 16.6. The molecule has 0 spiro atoms. The van der Waals surface area contributed by atoms with Gasteiger partial charge in [-0.25, -0.2) is 0 Å². The Kier molecular flexibility index (Phi) is 2.77. The van der Waals surface area contributed by atoms with Gasteiger partial charge in [0, 0.05) is 6.07 Å². The van der Waals surface area contributed by atoms with Gasteiger partial charge in [0.05, 0.1) is 11.7 Å². The molecule has 1 saturated carbocycles. The molecule has 1 heterocycles. The van der Waals surface area contributed by atoms with Crippen molar-refractivity contribution >= 4 is 5.82 Å². The predicted molar refractivity (Wildman–Crippen MR) is 58.6 cm³/mol. The van der Waals surface area contributed by atoms with Gasteiger partial charge < -0.3 is 14.9 Å². The third kappa shape index (κ3) is 2.13. The van der Waals surface area contributed by atoms with Gasteiger partial charge in [0.2, 0.25) is 0 Å². The number of pyridine rings is 1. The van der Waals surface area contributed by atoms with Crippen molar-refractivity contribution in [3.63, 3.8) is 0 Å². The molecule has 1 aromatic rings. The van der Waals surface area contributed by atoms with Crippen molar-refractivity contribution < 1.29 is 9.66 Å². The summed E-state index contributed by atoms with van der Waals surface area (Å²) in [6.07, 6.45) is 3.74. The number of ether oxygens (including phenoxy) is 1. The van der Waals surface area contributed by atoms with E-state index in [1.54, 1.807) is 6.07 Å².